The number of hydrogen-bond acceptors (Lipinski definition) is 5. The standard InChI is InChI=1S/C16H20N6/c1-2-22-16(18-13-19-22)12-20-7-9-21(10-8-20)15-6-4-3-5-14(15)11-17/h3-6,13H,2,7-10,12H2,1H3. The molecule has 1 aliphatic rings. The molecule has 6 nitrogen and oxygen atoms in total. The maximum Gasteiger partial charge on any atom is 0.140 e. The van der Waals surface area contributed by atoms with Gasteiger partial charge in [-0.1, -0.05) is 12.1 Å². The summed E-state index contributed by atoms with van der Waals surface area (Å²) < 4.78 is 1.94. The van der Waals surface area contributed by atoms with Crippen LogP contribution in [-0.4, -0.2) is 45.8 Å². The first-order chi connectivity index (χ1) is 10.8. The van der Waals surface area contributed by atoms with Crippen LogP contribution in [-0.2, 0) is 13.1 Å². The summed E-state index contributed by atoms with van der Waals surface area (Å²) >= 11 is 0. The third-order valence-electron chi connectivity index (χ3n) is 4.10. The second kappa shape index (κ2) is 6.58. The molecule has 2 heterocycles. The zero-order valence-electron chi connectivity index (χ0n) is 12.8. The number of aromatic nitrogens is 3. The SMILES string of the molecule is CCn1ncnc1CN1CCN(c2ccccc2C#N)CC1. The van der Waals surface area contributed by atoms with Crippen LogP contribution < -0.4 is 4.90 Å². The molecule has 0 amide bonds. The maximum absolute atomic E-state index is 9.22. The van der Waals surface area contributed by atoms with E-state index in [2.05, 4.69) is 32.9 Å². The van der Waals surface area contributed by atoms with Gasteiger partial charge in [0.05, 0.1) is 17.8 Å². The summed E-state index contributed by atoms with van der Waals surface area (Å²) in [7, 11) is 0. The first-order valence-electron chi connectivity index (χ1n) is 7.65. The smallest absolute Gasteiger partial charge is 0.140 e. The highest BCUT2D eigenvalue weighted by molar-refractivity contribution is 5.59. The molecule has 0 radical (unpaired) electrons. The van der Waals surface area contributed by atoms with Crippen LogP contribution in [0.1, 0.15) is 18.3 Å². The van der Waals surface area contributed by atoms with Crippen molar-refractivity contribution in [3.8, 4) is 6.07 Å². The minimum absolute atomic E-state index is 0.752. The summed E-state index contributed by atoms with van der Waals surface area (Å²) in [5.41, 5.74) is 1.79. The zero-order valence-corrected chi connectivity index (χ0v) is 12.8. The quantitative estimate of drug-likeness (QED) is 0.855. The molecule has 2 aromatic rings. The van der Waals surface area contributed by atoms with E-state index in [1.54, 1.807) is 6.33 Å². The van der Waals surface area contributed by atoms with E-state index >= 15 is 0 Å². The lowest BCUT2D eigenvalue weighted by Gasteiger charge is -2.36. The highest BCUT2D eigenvalue weighted by Gasteiger charge is 2.20. The average Bonchev–Trinajstić information content (AvgIpc) is 3.02. The van der Waals surface area contributed by atoms with Crippen molar-refractivity contribution in [2.75, 3.05) is 31.1 Å². The summed E-state index contributed by atoms with van der Waals surface area (Å²) in [5, 5.41) is 13.4. The number of nitriles is 1. The Morgan fingerprint density at radius 1 is 1.18 bits per heavy atom. The van der Waals surface area contributed by atoms with Crippen molar-refractivity contribution in [3.05, 3.63) is 42.0 Å². The van der Waals surface area contributed by atoms with Crippen LogP contribution in [0.2, 0.25) is 0 Å². The number of nitrogens with zero attached hydrogens (tertiary/aromatic N) is 6. The van der Waals surface area contributed by atoms with Gasteiger partial charge in [-0.3, -0.25) is 4.90 Å². The number of para-hydroxylation sites is 1. The molecule has 0 bridgehead atoms. The summed E-state index contributed by atoms with van der Waals surface area (Å²) in [6.07, 6.45) is 1.62. The molecule has 3 rings (SSSR count). The first-order valence-corrected chi connectivity index (χ1v) is 7.65. The minimum atomic E-state index is 0.752. The van der Waals surface area contributed by atoms with Gasteiger partial charge in [-0.2, -0.15) is 10.4 Å². The van der Waals surface area contributed by atoms with Crippen LogP contribution in [0.4, 0.5) is 5.69 Å². The lowest BCUT2D eigenvalue weighted by atomic mass is 10.1. The second-order valence-corrected chi connectivity index (χ2v) is 5.38. The highest BCUT2D eigenvalue weighted by Crippen LogP contribution is 2.21. The minimum Gasteiger partial charge on any atom is -0.368 e. The molecule has 1 aromatic heterocycles. The molecule has 1 aromatic carbocycles. The van der Waals surface area contributed by atoms with Crippen LogP contribution in [0.3, 0.4) is 0 Å². The van der Waals surface area contributed by atoms with Gasteiger partial charge in [-0.15, -0.1) is 0 Å². The first kappa shape index (κ1) is 14.5. The molecule has 0 spiro atoms. The maximum atomic E-state index is 9.22. The average molecular weight is 296 g/mol. The van der Waals surface area contributed by atoms with E-state index in [1.165, 1.54) is 0 Å². The van der Waals surface area contributed by atoms with Crippen molar-refractivity contribution in [2.45, 2.75) is 20.0 Å². The molecule has 0 N–H and O–H groups in total. The second-order valence-electron chi connectivity index (χ2n) is 5.38. The fraction of sp³-hybridized carbons (Fsp3) is 0.438. The van der Waals surface area contributed by atoms with Crippen molar-refractivity contribution in [3.63, 3.8) is 0 Å². The Labute approximate surface area is 130 Å². The molecule has 0 atom stereocenters. The molecule has 1 saturated heterocycles. The summed E-state index contributed by atoms with van der Waals surface area (Å²) in [6.45, 7) is 7.56. The number of benzene rings is 1. The lowest BCUT2D eigenvalue weighted by molar-refractivity contribution is 0.239. The molecule has 22 heavy (non-hydrogen) atoms. The van der Waals surface area contributed by atoms with Gasteiger partial charge < -0.3 is 4.90 Å². The van der Waals surface area contributed by atoms with Gasteiger partial charge in [0.25, 0.3) is 0 Å². The van der Waals surface area contributed by atoms with Crippen LogP contribution in [0.5, 0.6) is 0 Å². The summed E-state index contributed by atoms with van der Waals surface area (Å²) in [5.74, 6) is 1.02. The van der Waals surface area contributed by atoms with Crippen molar-refractivity contribution in [1.29, 1.82) is 5.26 Å². The van der Waals surface area contributed by atoms with E-state index in [0.717, 1.165) is 56.3 Å². The van der Waals surface area contributed by atoms with Crippen LogP contribution >= 0.6 is 0 Å². The third kappa shape index (κ3) is 2.95. The Bertz CT molecular complexity index is 663. The van der Waals surface area contributed by atoms with Gasteiger partial charge in [0, 0.05) is 32.7 Å². The number of aryl methyl sites for hydroxylation is 1. The van der Waals surface area contributed by atoms with Crippen molar-refractivity contribution in [1.82, 2.24) is 19.7 Å². The van der Waals surface area contributed by atoms with Crippen LogP contribution in [0.25, 0.3) is 0 Å². The molecule has 0 unspecified atom stereocenters. The number of piperazine rings is 1. The molecular weight excluding hydrogens is 276 g/mol. The molecular formula is C16H20N6. The zero-order chi connectivity index (χ0) is 15.4. The molecule has 114 valence electrons. The normalized spacial score (nSPS) is 15.7. The van der Waals surface area contributed by atoms with E-state index in [-0.39, 0.29) is 0 Å². The predicted molar refractivity (Wildman–Crippen MR) is 84.3 cm³/mol. The van der Waals surface area contributed by atoms with E-state index in [0.29, 0.717) is 0 Å². The van der Waals surface area contributed by atoms with Crippen molar-refractivity contribution >= 4 is 5.69 Å². The topological polar surface area (TPSA) is 61.0 Å². The number of anilines is 1. The van der Waals surface area contributed by atoms with Gasteiger partial charge >= 0.3 is 0 Å². The van der Waals surface area contributed by atoms with E-state index < -0.39 is 0 Å². The van der Waals surface area contributed by atoms with Crippen LogP contribution in [0.15, 0.2) is 30.6 Å². The number of hydrogen-bond donors (Lipinski definition) is 0. The van der Waals surface area contributed by atoms with Gasteiger partial charge in [0.2, 0.25) is 0 Å². The largest absolute Gasteiger partial charge is 0.368 e. The molecule has 0 aliphatic carbocycles. The fourth-order valence-electron chi connectivity index (χ4n) is 2.87. The predicted octanol–water partition coefficient (Wildman–Crippen LogP) is 1.49. The van der Waals surface area contributed by atoms with Crippen molar-refractivity contribution < 1.29 is 0 Å². The highest BCUT2D eigenvalue weighted by atomic mass is 15.4. The van der Waals surface area contributed by atoms with E-state index in [4.69, 9.17) is 0 Å². The van der Waals surface area contributed by atoms with E-state index in [1.807, 2.05) is 28.9 Å². The Hall–Kier alpha value is -2.39. The summed E-state index contributed by atoms with van der Waals surface area (Å²) in [6, 6.07) is 10.1. The molecule has 6 heteroatoms. The van der Waals surface area contributed by atoms with E-state index in [9.17, 15) is 5.26 Å². The van der Waals surface area contributed by atoms with Gasteiger partial charge in [-0.05, 0) is 19.1 Å². The fourth-order valence-corrected chi connectivity index (χ4v) is 2.87. The summed E-state index contributed by atoms with van der Waals surface area (Å²) in [4.78, 5) is 9.02. The number of rotatable bonds is 4. The Balaban J connectivity index is 1.62. The van der Waals surface area contributed by atoms with Crippen molar-refractivity contribution in [2.24, 2.45) is 0 Å². The van der Waals surface area contributed by atoms with Gasteiger partial charge in [-0.25, -0.2) is 9.67 Å². The lowest BCUT2D eigenvalue weighted by Crippen LogP contribution is -2.46. The molecule has 0 saturated carbocycles. The monoisotopic (exact) mass is 296 g/mol. The van der Waals surface area contributed by atoms with Gasteiger partial charge in [0.15, 0.2) is 0 Å². The Morgan fingerprint density at radius 3 is 2.68 bits per heavy atom. The Morgan fingerprint density at radius 2 is 1.95 bits per heavy atom. The molecule has 1 aliphatic heterocycles. The van der Waals surface area contributed by atoms with Crippen LogP contribution in [0, 0.1) is 11.3 Å². The Kier molecular flexibility index (Phi) is 4.35. The third-order valence-corrected chi connectivity index (χ3v) is 4.10. The van der Waals surface area contributed by atoms with Gasteiger partial charge in [0.1, 0.15) is 18.2 Å². The molecule has 1 fully saturated rings.